The van der Waals surface area contributed by atoms with E-state index < -0.39 is 0 Å². The van der Waals surface area contributed by atoms with E-state index in [-0.39, 0.29) is 11.9 Å². The quantitative estimate of drug-likeness (QED) is 0.856. The molecule has 4 heteroatoms. The Hall–Kier alpha value is -1.13. The van der Waals surface area contributed by atoms with Crippen molar-refractivity contribution in [3.63, 3.8) is 0 Å². The molecule has 0 spiro atoms. The summed E-state index contributed by atoms with van der Waals surface area (Å²) in [5.74, 6) is -0.146. The van der Waals surface area contributed by atoms with E-state index in [0.717, 1.165) is 43.8 Å². The molecule has 1 aromatic rings. The van der Waals surface area contributed by atoms with Gasteiger partial charge in [-0.3, -0.25) is 0 Å². The highest BCUT2D eigenvalue weighted by Crippen LogP contribution is 2.26. The Kier molecular flexibility index (Phi) is 5.16. The lowest BCUT2D eigenvalue weighted by Gasteiger charge is -2.28. The Labute approximate surface area is 114 Å². The summed E-state index contributed by atoms with van der Waals surface area (Å²) >= 11 is 0. The summed E-state index contributed by atoms with van der Waals surface area (Å²) in [6, 6.07) is 5.28. The van der Waals surface area contributed by atoms with Crippen molar-refractivity contribution in [2.45, 2.75) is 32.4 Å². The van der Waals surface area contributed by atoms with Gasteiger partial charge in [0.05, 0.1) is 11.8 Å². The molecule has 0 radical (unpaired) electrons. The highest BCUT2D eigenvalue weighted by Gasteiger charge is 2.21. The number of nitrogens with zero attached hydrogens (tertiary/aromatic N) is 1. The summed E-state index contributed by atoms with van der Waals surface area (Å²) in [6.45, 7) is 5.13. The summed E-state index contributed by atoms with van der Waals surface area (Å²) in [7, 11) is 1.88. The average molecular weight is 266 g/mol. The van der Waals surface area contributed by atoms with Gasteiger partial charge in [0, 0.05) is 26.2 Å². The van der Waals surface area contributed by atoms with Gasteiger partial charge in [-0.25, -0.2) is 4.39 Å². The third-order valence-electron chi connectivity index (χ3n) is 3.58. The second-order valence-corrected chi connectivity index (χ2v) is 4.95. The van der Waals surface area contributed by atoms with E-state index in [1.807, 2.05) is 13.1 Å². The van der Waals surface area contributed by atoms with Gasteiger partial charge in [0.1, 0.15) is 5.82 Å². The number of anilines is 1. The molecule has 1 heterocycles. The zero-order chi connectivity index (χ0) is 13.7. The predicted octanol–water partition coefficient (Wildman–Crippen LogP) is 2.55. The van der Waals surface area contributed by atoms with Crippen molar-refractivity contribution in [1.82, 2.24) is 5.32 Å². The Morgan fingerprint density at radius 1 is 1.47 bits per heavy atom. The minimum Gasteiger partial charge on any atom is -0.376 e. The molecule has 1 fully saturated rings. The number of benzene rings is 1. The molecule has 0 saturated carbocycles. The van der Waals surface area contributed by atoms with Crippen LogP contribution in [-0.2, 0) is 11.3 Å². The lowest BCUT2D eigenvalue weighted by molar-refractivity contribution is 0.115. The molecular formula is C15H23FN2O. The molecule has 1 unspecified atom stereocenters. The van der Waals surface area contributed by atoms with Gasteiger partial charge in [-0.1, -0.05) is 12.1 Å². The Morgan fingerprint density at radius 2 is 2.32 bits per heavy atom. The van der Waals surface area contributed by atoms with Crippen LogP contribution in [0.5, 0.6) is 0 Å². The van der Waals surface area contributed by atoms with Gasteiger partial charge in [-0.15, -0.1) is 0 Å². The normalized spacial score (nSPS) is 18.8. The van der Waals surface area contributed by atoms with E-state index in [9.17, 15) is 4.39 Å². The average Bonchev–Trinajstić information content (AvgIpc) is 2.90. The maximum Gasteiger partial charge on any atom is 0.146 e. The maximum atomic E-state index is 14.2. The Morgan fingerprint density at radius 3 is 2.95 bits per heavy atom. The molecule has 106 valence electrons. The molecule has 1 aliphatic rings. The number of hydrogen-bond donors (Lipinski definition) is 1. The van der Waals surface area contributed by atoms with Gasteiger partial charge in [0.2, 0.25) is 0 Å². The van der Waals surface area contributed by atoms with Gasteiger partial charge in [0.15, 0.2) is 0 Å². The van der Waals surface area contributed by atoms with Gasteiger partial charge < -0.3 is 15.0 Å². The van der Waals surface area contributed by atoms with Crippen LogP contribution in [0.1, 0.15) is 25.3 Å². The van der Waals surface area contributed by atoms with E-state index >= 15 is 0 Å². The molecule has 0 amide bonds. The van der Waals surface area contributed by atoms with Gasteiger partial charge in [-0.2, -0.15) is 0 Å². The van der Waals surface area contributed by atoms with Crippen molar-refractivity contribution in [3.8, 4) is 0 Å². The van der Waals surface area contributed by atoms with Gasteiger partial charge in [0.25, 0.3) is 0 Å². The van der Waals surface area contributed by atoms with Crippen LogP contribution in [0.2, 0.25) is 0 Å². The van der Waals surface area contributed by atoms with Gasteiger partial charge >= 0.3 is 0 Å². The number of nitrogens with one attached hydrogen (secondary N) is 1. The first-order chi connectivity index (χ1) is 9.26. The van der Waals surface area contributed by atoms with Crippen molar-refractivity contribution in [3.05, 3.63) is 29.6 Å². The molecule has 0 bridgehead atoms. The highest BCUT2D eigenvalue weighted by molar-refractivity contribution is 5.55. The number of halogens is 1. The molecule has 1 saturated heterocycles. The summed E-state index contributed by atoms with van der Waals surface area (Å²) in [5.41, 5.74) is 1.72. The minimum absolute atomic E-state index is 0.146. The lowest BCUT2D eigenvalue weighted by atomic mass is 10.1. The molecule has 0 aromatic heterocycles. The van der Waals surface area contributed by atoms with Crippen molar-refractivity contribution in [1.29, 1.82) is 0 Å². The van der Waals surface area contributed by atoms with E-state index in [2.05, 4.69) is 17.1 Å². The Bertz CT molecular complexity index is 405. The molecule has 19 heavy (non-hydrogen) atoms. The fraction of sp³-hybridized carbons (Fsp3) is 0.600. The maximum absolute atomic E-state index is 14.2. The van der Waals surface area contributed by atoms with E-state index in [0.29, 0.717) is 6.54 Å². The second-order valence-electron chi connectivity index (χ2n) is 4.95. The Balaban J connectivity index is 2.20. The number of para-hydroxylation sites is 1. The zero-order valence-electron chi connectivity index (χ0n) is 11.8. The molecule has 3 nitrogen and oxygen atoms in total. The van der Waals surface area contributed by atoms with E-state index in [4.69, 9.17) is 4.74 Å². The summed E-state index contributed by atoms with van der Waals surface area (Å²) < 4.78 is 19.8. The number of hydrogen-bond acceptors (Lipinski definition) is 3. The molecule has 2 rings (SSSR count). The SMILES string of the molecule is CCN(CC1CCCO1)c1c(F)cccc1CNC. The topological polar surface area (TPSA) is 24.5 Å². The monoisotopic (exact) mass is 266 g/mol. The zero-order valence-corrected chi connectivity index (χ0v) is 11.8. The number of ether oxygens (including phenoxy) is 1. The third-order valence-corrected chi connectivity index (χ3v) is 3.58. The summed E-state index contributed by atoms with van der Waals surface area (Å²) in [6.07, 6.45) is 2.43. The third kappa shape index (κ3) is 3.45. The van der Waals surface area contributed by atoms with Crippen LogP contribution >= 0.6 is 0 Å². The fourth-order valence-electron chi connectivity index (χ4n) is 2.66. The number of likely N-dealkylation sites (N-methyl/N-ethyl adjacent to an activating group) is 1. The van der Waals surface area contributed by atoms with E-state index in [1.54, 1.807) is 6.07 Å². The van der Waals surface area contributed by atoms with Crippen LogP contribution in [0.15, 0.2) is 18.2 Å². The smallest absolute Gasteiger partial charge is 0.146 e. The highest BCUT2D eigenvalue weighted by atomic mass is 19.1. The molecule has 1 atom stereocenters. The summed E-state index contributed by atoms with van der Waals surface area (Å²) in [4.78, 5) is 2.10. The van der Waals surface area contributed by atoms with Crippen LogP contribution in [-0.4, -0.2) is 32.8 Å². The van der Waals surface area contributed by atoms with Crippen LogP contribution in [0.4, 0.5) is 10.1 Å². The molecule has 1 aromatic carbocycles. The molecule has 1 N–H and O–H groups in total. The lowest BCUT2D eigenvalue weighted by Crippen LogP contribution is -2.33. The molecule has 1 aliphatic heterocycles. The standard InChI is InChI=1S/C15H23FN2O/c1-3-18(11-13-7-5-9-19-13)15-12(10-17-2)6-4-8-14(15)16/h4,6,8,13,17H,3,5,7,9-11H2,1-2H3. The van der Waals surface area contributed by atoms with Crippen molar-refractivity contribution >= 4 is 5.69 Å². The molecular weight excluding hydrogens is 243 g/mol. The van der Waals surface area contributed by atoms with Crippen LogP contribution < -0.4 is 10.2 Å². The van der Waals surface area contributed by atoms with Gasteiger partial charge in [-0.05, 0) is 38.4 Å². The first-order valence-electron chi connectivity index (χ1n) is 7.04. The first kappa shape index (κ1) is 14.3. The van der Waals surface area contributed by atoms with Crippen molar-refractivity contribution in [2.75, 3.05) is 31.6 Å². The largest absolute Gasteiger partial charge is 0.376 e. The van der Waals surface area contributed by atoms with E-state index in [1.165, 1.54) is 6.07 Å². The predicted molar refractivity (Wildman–Crippen MR) is 76.0 cm³/mol. The van der Waals surface area contributed by atoms with Crippen molar-refractivity contribution < 1.29 is 9.13 Å². The second kappa shape index (κ2) is 6.87. The summed E-state index contributed by atoms with van der Waals surface area (Å²) in [5, 5.41) is 3.10. The first-order valence-corrected chi connectivity index (χ1v) is 7.04. The minimum atomic E-state index is -0.146. The molecule has 0 aliphatic carbocycles. The van der Waals surface area contributed by atoms with Crippen LogP contribution in [0.3, 0.4) is 0 Å². The fourth-order valence-corrected chi connectivity index (χ4v) is 2.66. The number of rotatable bonds is 6. The van der Waals surface area contributed by atoms with Crippen LogP contribution in [0.25, 0.3) is 0 Å². The van der Waals surface area contributed by atoms with Crippen LogP contribution in [0, 0.1) is 5.82 Å². The van der Waals surface area contributed by atoms with Crippen molar-refractivity contribution in [2.24, 2.45) is 0 Å².